The molecule has 0 radical (unpaired) electrons. The van der Waals surface area contributed by atoms with Crippen molar-refractivity contribution in [1.82, 2.24) is 0 Å². The smallest absolute Gasteiger partial charge is 0.397 e. The van der Waals surface area contributed by atoms with Gasteiger partial charge in [-0.15, -0.1) is 0 Å². The lowest BCUT2D eigenvalue weighted by Crippen LogP contribution is -2.44. The number of ether oxygens (including phenoxy) is 1. The first kappa shape index (κ1) is 13.0. The Morgan fingerprint density at radius 3 is 2.67 bits per heavy atom. The van der Waals surface area contributed by atoms with Crippen LogP contribution in [0.3, 0.4) is 0 Å². The Balaban J connectivity index is 2.29. The summed E-state index contributed by atoms with van der Waals surface area (Å²) < 4.78 is 42.9. The summed E-state index contributed by atoms with van der Waals surface area (Å²) in [6, 6.07) is 3.59. The van der Waals surface area contributed by atoms with Gasteiger partial charge in [-0.1, -0.05) is 0 Å². The number of nitrogens with zero attached hydrogens (tertiary/aromatic N) is 1. The molecule has 0 amide bonds. The molecular weight excluding hydrogens is 245 g/mol. The van der Waals surface area contributed by atoms with Gasteiger partial charge in [-0.3, -0.25) is 0 Å². The molecule has 0 aliphatic carbocycles. The van der Waals surface area contributed by atoms with E-state index in [1.165, 1.54) is 6.07 Å². The van der Waals surface area contributed by atoms with Gasteiger partial charge in [0.15, 0.2) is 0 Å². The third-order valence-corrected chi connectivity index (χ3v) is 3.03. The molecule has 1 atom stereocenters. The largest absolute Gasteiger partial charge is 0.416 e. The Morgan fingerprint density at radius 1 is 1.39 bits per heavy atom. The van der Waals surface area contributed by atoms with Crippen molar-refractivity contribution in [2.75, 3.05) is 30.4 Å². The minimum absolute atomic E-state index is 0.109. The molecule has 100 valence electrons. The standard InChI is InChI=1S/C12H15F3N2O/c1-8-7-18-5-4-17(8)11-3-2-9(6-10(11)16)12(13,14)15/h2-3,6,8H,4-5,7,16H2,1H3. The monoisotopic (exact) mass is 260 g/mol. The normalized spacial score (nSPS) is 21.1. The predicted molar refractivity (Wildman–Crippen MR) is 63.5 cm³/mol. The fraction of sp³-hybridized carbons (Fsp3) is 0.500. The van der Waals surface area contributed by atoms with Crippen molar-refractivity contribution < 1.29 is 17.9 Å². The summed E-state index contributed by atoms with van der Waals surface area (Å²) in [6.45, 7) is 3.71. The van der Waals surface area contributed by atoms with Gasteiger partial charge in [-0.05, 0) is 25.1 Å². The topological polar surface area (TPSA) is 38.5 Å². The summed E-state index contributed by atoms with van der Waals surface area (Å²) in [7, 11) is 0. The zero-order valence-electron chi connectivity index (χ0n) is 10.00. The average Bonchev–Trinajstić information content (AvgIpc) is 2.29. The Bertz CT molecular complexity index is 434. The summed E-state index contributed by atoms with van der Waals surface area (Å²) in [6.07, 6.45) is -4.36. The molecule has 1 aromatic carbocycles. The van der Waals surface area contributed by atoms with Crippen LogP contribution in [0.25, 0.3) is 0 Å². The molecule has 1 fully saturated rings. The maximum Gasteiger partial charge on any atom is 0.416 e. The molecule has 2 rings (SSSR count). The van der Waals surface area contributed by atoms with Crippen molar-refractivity contribution in [3.63, 3.8) is 0 Å². The van der Waals surface area contributed by atoms with Crippen molar-refractivity contribution >= 4 is 11.4 Å². The highest BCUT2D eigenvalue weighted by atomic mass is 19.4. The lowest BCUT2D eigenvalue weighted by molar-refractivity contribution is -0.137. The molecule has 1 aliphatic heterocycles. The van der Waals surface area contributed by atoms with Crippen LogP contribution in [-0.2, 0) is 10.9 Å². The average molecular weight is 260 g/mol. The second kappa shape index (κ2) is 4.68. The van der Waals surface area contributed by atoms with Gasteiger partial charge < -0.3 is 15.4 Å². The van der Waals surface area contributed by atoms with Gasteiger partial charge in [0.2, 0.25) is 0 Å². The highest BCUT2D eigenvalue weighted by Gasteiger charge is 2.31. The third kappa shape index (κ3) is 2.53. The Kier molecular flexibility index (Phi) is 3.38. The molecule has 0 spiro atoms. The molecular formula is C12H15F3N2O. The van der Waals surface area contributed by atoms with E-state index in [1.807, 2.05) is 11.8 Å². The Labute approximate surface area is 103 Å². The van der Waals surface area contributed by atoms with E-state index in [4.69, 9.17) is 10.5 Å². The first-order chi connectivity index (χ1) is 8.39. The molecule has 18 heavy (non-hydrogen) atoms. The van der Waals surface area contributed by atoms with E-state index in [0.29, 0.717) is 25.4 Å². The number of nitrogen functional groups attached to an aromatic ring is 1. The van der Waals surface area contributed by atoms with Gasteiger partial charge in [-0.2, -0.15) is 13.2 Å². The number of morpholine rings is 1. The van der Waals surface area contributed by atoms with Crippen LogP contribution in [0.2, 0.25) is 0 Å². The van der Waals surface area contributed by atoms with E-state index in [9.17, 15) is 13.2 Å². The first-order valence-corrected chi connectivity index (χ1v) is 5.70. The van der Waals surface area contributed by atoms with Crippen molar-refractivity contribution in [3.8, 4) is 0 Å². The minimum atomic E-state index is -4.36. The molecule has 1 heterocycles. The maximum atomic E-state index is 12.5. The Hall–Kier alpha value is -1.43. The van der Waals surface area contributed by atoms with Gasteiger partial charge in [0, 0.05) is 12.6 Å². The number of benzene rings is 1. The zero-order valence-corrected chi connectivity index (χ0v) is 10.00. The minimum Gasteiger partial charge on any atom is -0.397 e. The van der Waals surface area contributed by atoms with Crippen LogP contribution in [0.5, 0.6) is 0 Å². The number of hydrogen-bond acceptors (Lipinski definition) is 3. The zero-order chi connectivity index (χ0) is 13.3. The first-order valence-electron chi connectivity index (χ1n) is 5.70. The second-order valence-corrected chi connectivity index (χ2v) is 4.39. The molecule has 1 aromatic rings. The molecule has 3 nitrogen and oxygen atoms in total. The van der Waals surface area contributed by atoms with E-state index in [-0.39, 0.29) is 11.7 Å². The molecule has 6 heteroatoms. The number of hydrogen-bond donors (Lipinski definition) is 1. The SMILES string of the molecule is CC1COCCN1c1ccc(C(F)(F)F)cc1N. The second-order valence-electron chi connectivity index (χ2n) is 4.39. The highest BCUT2D eigenvalue weighted by Crippen LogP contribution is 2.34. The van der Waals surface area contributed by atoms with Crippen molar-refractivity contribution in [3.05, 3.63) is 23.8 Å². The van der Waals surface area contributed by atoms with Crippen molar-refractivity contribution in [2.45, 2.75) is 19.1 Å². The summed E-state index contributed by atoms with van der Waals surface area (Å²) in [5, 5.41) is 0. The molecule has 0 saturated carbocycles. The number of rotatable bonds is 1. The quantitative estimate of drug-likeness (QED) is 0.788. The summed E-state index contributed by atoms with van der Waals surface area (Å²) >= 11 is 0. The van der Waals surface area contributed by atoms with Crippen LogP contribution in [0, 0.1) is 0 Å². The number of alkyl halides is 3. The van der Waals surface area contributed by atoms with Crippen LogP contribution in [0.1, 0.15) is 12.5 Å². The Morgan fingerprint density at radius 2 is 2.11 bits per heavy atom. The van der Waals surface area contributed by atoms with E-state index in [0.717, 1.165) is 12.1 Å². The number of anilines is 2. The van der Waals surface area contributed by atoms with Gasteiger partial charge >= 0.3 is 6.18 Å². The van der Waals surface area contributed by atoms with Crippen LogP contribution in [-0.4, -0.2) is 25.8 Å². The van der Waals surface area contributed by atoms with Gasteiger partial charge in [0.05, 0.1) is 30.2 Å². The fourth-order valence-corrected chi connectivity index (χ4v) is 2.08. The van der Waals surface area contributed by atoms with Crippen LogP contribution < -0.4 is 10.6 Å². The molecule has 1 unspecified atom stereocenters. The van der Waals surface area contributed by atoms with E-state index in [1.54, 1.807) is 0 Å². The van der Waals surface area contributed by atoms with Crippen molar-refractivity contribution in [1.29, 1.82) is 0 Å². The van der Waals surface area contributed by atoms with Crippen LogP contribution >= 0.6 is 0 Å². The van der Waals surface area contributed by atoms with Crippen LogP contribution in [0.15, 0.2) is 18.2 Å². The maximum absolute atomic E-state index is 12.5. The third-order valence-electron chi connectivity index (χ3n) is 3.03. The van der Waals surface area contributed by atoms with Gasteiger partial charge in [0.25, 0.3) is 0 Å². The molecule has 0 bridgehead atoms. The van der Waals surface area contributed by atoms with Crippen molar-refractivity contribution in [2.24, 2.45) is 0 Å². The van der Waals surface area contributed by atoms with Crippen LogP contribution in [0.4, 0.5) is 24.5 Å². The summed E-state index contributed by atoms with van der Waals surface area (Å²) in [5.41, 5.74) is 5.80. The predicted octanol–water partition coefficient (Wildman–Crippen LogP) is 2.51. The summed E-state index contributed by atoms with van der Waals surface area (Å²) in [4.78, 5) is 1.97. The molecule has 0 aromatic heterocycles. The summed E-state index contributed by atoms with van der Waals surface area (Å²) in [5.74, 6) is 0. The fourth-order valence-electron chi connectivity index (χ4n) is 2.08. The van der Waals surface area contributed by atoms with E-state index >= 15 is 0 Å². The molecule has 1 saturated heterocycles. The lowest BCUT2D eigenvalue weighted by Gasteiger charge is -2.36. The van der Waals surface area contributed by atoms with Gasteiger partial charge in [0.1, 0.15) is 0 Å². The van der Waals surface area contributed by atoms with E-state index < -0.39 is 11.7 Å². The lowest BCUT2D eigenvalue weighted by atomic mass is 10.1. The van der Waals surface area contributed by atoms with E-state index in [2.05, 4.69) is 0 Å². The highest BCUT2D eigenvalue weighted by molar-refractivity contribution is 5.69. The number of nitrogens with two attached hydrogens (primary N) is 1. The van der Waals surface area contributed by atoms with Gasteiger partial charge in [-0.25, -0.2) is 0 Å². The number of halogens is 3. The molecule has 1 aliphatic rings. The molecule has 2 N–H and O–H groups in total.